The normalized spacial score (nSPS) is 11.3. The number of hydrogen-bond acceptors (Lipinski definition) is 5. The van der Waals surface area contributed by atoms with E-state index >= 15 is 0 Å². The number of rotatable bonds is 2. The van der Waals surface area contributed by atoms with Crippen molar-refractivity contribution >= 4 is 39.9 Å². The van der Waals surface area contributed by atoms with Crippen LogP contribution in [0.5, 0.6) is 0 Å². The van der Waals surface area contributed by atoms with Gasteiger partial charge in [-0.1, -0.05) is 24.3 Å². The van der Waals surface area contributed by atoms with E-state index in [0.717, 1.165) is 26.7 Å². The van der Waals surface area contributed by atoms with Crippen LogP contribution in [0.4, 0.5) is 0 Å². The second kappa shape index (κ2) is 4.98. The third-order valence-electron chi connectivity index (χ3n) is 3.01. The van der Waals surface area contributed by atoms with Crippen molar-refractivity contribution in [1.29, 1.82) is 0 Å². The van der Waals surface area contributed by atoms with Gasteiger partial charge in [0, 0.05) is 11.6 Å². The van der Waals surface area contributed by atoms with Crippen LogP contribution >= 0.6 is 23.4 Å². The zero-order valence-corrected chi connectivity index (χ0v) is 12.2. The van der Waals surface area contributed by atoms with Crippen molar-refractivity contribution in [2.45, 2.75) is 10.2 Å². The highest BCUT2D eigenvalue weighted by Crippen LogP contribution is 2.31. The molecule has 0 amide bonds. The van der Waals surface area contributed by atoms with Gasteiger partial charge in [0.1, 0.15) is 5.03 Å². The minimum absolute atomic E-state index is 0.227. The minimum Gasteiger partial charge on any atom is -0.277 e. The number of aromatic nitrogens is 5. The molecule has 0 aliphatic heterocycles. The Hall–Kier alpha value is -2.18. The van der Waals surface area contributed by atoms with Crippen LogP contribution in [-0.4, -0.2) is 24.6 Å². The standard InChI is InChI=1S/C14H8ClN5S/c15-13-16-10-6-2-1-5-9(10)12(17-13)21-14-19-18-11-7-3-4-8-20(11)14/h1-8H. The Kier molecular flexibility index (Phi) is 2.98. The summed E-state index contributed by atoms with van der Waals surface area (Å²) in [6.45, 7) is 0. The molecule has 0 radical (unpaired) electrons. The highest BCUT2D eigenvalue weighted by molar-refractivity contribution is 7.99. The van der Waals surface area contributed by atoms with Crippen LogP contribution in [0, 0.1) is 0 Å². The van der Waals surface area contributed by atoms with Gasteiger partial charge >= 0.3 is 0 Å². The lowest BCUT2D eigenvalue weighted by Crippen LogP contribution is -1.91. The predicted molar refractivity (Wildman–Crippen MR) is 81.7 cm³/mol. The first-order valence-electron chi connectivity index (χ1n) is 6.21. The number of pyridine rings is 1. The van der Waals surface area contributed by atoms with Crippen molar-refractivity contribution in [3.8, 4) is 0 Å². The summed E-state index contributed by atoms with van der Waals surface area (Å²) in [6.07, 6.45) is 1.92. The van der Waals surface area contributed by atoms with E-state index in [1.165, 1.54) is 11.8 Å². The van der Waals surface area contributed by atoms with Gasteiger partial charge in [-0.2, -0.15) is 0 Å². The molecular formula is C14H8ClN5S. The first-order valence-corrected chi connectivity index (χ1v) is 7.40. The van der Waals surface area contributed by atoms with Crippen molar-refractivity contribution in [2.24, 2.45) is 0 Å². The summed E-state index contributed by atoms with van der Waals surface area (Å²) in [5.41, 5.74) is 1.61. The van der Waals surface area contributed by atoms with Crippen LogP contribution in [0.3, 0.4) is 0 Å². The van der Waals surface area contributed by atoms with Crippen LogP contribution in [0.25, 0.3) is 16.6 Å². The largest absolute Gasteiger partial charge is 0.277 e. The number of para-hydroxylation sites is 1. The van der Waals surface area contributed by atoms with Gasteiger partial charge in [0.15, 0.2) is 5.65 Å². The molecule has 0 N–H and O–H groups in total. The molecule has 7 heteroatoms. The molecule has 102 valence electrons. The molecule has 0 saturated carbocycles. The molecule has 0 fully saturated rings. The molecule has 0 spiro atoms. The Morgan fingerprint density at radius 2 is 1.81 bits per heavy atom. The van der Waals surface area contributed by atoms with E-state index in [-0.39, 0.29) is 5.28 Å². The molecule has 0 aliphatic carbocycles. The van der Waals surface area contributed by atoms with Gasteiger partial charge in [-0.25, -0.2) is 9.97 Å². The summed E-state index contributed by atoms with van der Waals surface area (Å²) in [6, 6.07) is 13.5. The van der Waals surface area contributed by atoms with Crippen LogP contribution in [0.15, 0.2) is 58.8 Å². The van der Waals surface area contributed by atoms with Crippen molar-refractivity contribution < 1.29 is 0 Å². The van der Waals surface area contributed by atoms with Crippen LogP contribution in [-0.2, 0) is 0 Å². The fourth-order valence-corrected chi connectivity index (χ4v) is 3.22. The van der Waals surface area contributed by atoms with Gasteiger partial charge in [0.05, 0.1) is 5.52 Å². The summed E-state index contributed by atoms with van der Waals surface area (Å²) in [5, 5.41) is 11.0. The lowest BCUT2D eigenvalue weighted by molar-refractivity contribution is 0.917. The molecule has 0 atom stereocenters. The molecule has 5 nitrogen and oxygen atoms in total. The SMILES string of the molecule is Clc1nc(Sc2nnc3ccccn23)c2ccccc2n1. The zero-order chi connectivity index (χ0) is 14.2. The number of benzene rings is 1. The molecule has 0 aliphatic rings. The van der Waals surface area contributed by atoms with Gasteiger partial charge in [0.25, 0.3) is 0 Å². The zero-order valence-electron chi connectivity index (χ0n) is 10.6. The number of hydrogen-bond donors (Lipinski definition) is 0. The molecular weight excluding hydrogens is 306 g/mol. The fraction of sp³-hybridized carbons (Fsp3) is 0. The maximum Gasteiger partial charge on any atom is 0.224 e. The molecule has 3 heterocycles. The van der Waals surface area contributed by atoms with E-state index in [0.29, 0.717) is 0 Å². The topological polar surface area (TPSA) is 56.0 Å². The Morgan fingerprint density at radius 3 is 2.76 bits per heavy atom. The fourth-order valence-electron chi connectivity index (χ4n) is 2.07. The van der Waals surface area contributed by atoms with Gasteiger partial charge in [-0.3, -0.25) is 4.40 Å². The number of fused-ring (bicyclic) bond motifs is 2. The summed E-state index contributed by atoms with van der Waals surface area (Å²) >= 11 is 7.43. The lowest BCUT2D eigenvalue weighted by Gasteiger charge is -2.04. The summed E-state index contributed by atoms with van der Waals surface area (Å²) in [4.78, 5) is 8.55. The van der Waals surface area contributed by atoms with Gasteiger partial charge in [-0.15, -0.1) is 10.2 Å². The summed E-state index contributed by atoms with van der Waals surface area (Å²) in [7, 11) is 0. The van der Waals surface area contributed by atoms with Crippen molar-refractivity contribution in [1.82, 2.24) is 24.6 Å². The monoisotopic (exact) mass is 313 g/mol. The molecule has 0 bridgehead atoms. The van der Waals surface area contributed by atoms with Gasteiger partial charge < -0.3 is 0 Å². The summed E-state index contributed by atoms with van der Waals surface area (Å²) < 4.78 is 1.91. The van der Waals surface area contributed by atoms with Gasteiger partial charge in [0.2, 0.25) is 10.4 Å². The molecule has 4 rings (SSSR count). The molecule has 4 aromatic rings. The predicted octanol–water partition coefficient (Wildman–Crippen LogP) is 3.48. The van der Waals surface area contributed by atoms with Crippen molar-refractivity contribution in [2.75, 3.05) is 0 Å². The van der Waals surface area contributed by atoms with E-state index in [1.807, 2.05) is 53.1 Å². The molecule has 21 heavy (non-hydrogen) atoms. The maximum absolute atomic E-state index is 6.00. The Labute approximate surface area is 129 Å². The average Bonchev–Trinajstić information content (AvgIpc) is 2.90. The lowest BCUT2D eigenvalue weighted by atomic mass is 10.2. The highest BCUT2D eigenvalue weighted by atomic mass is 35.5. The third-order valence-corrected chi connectivity index (χ3v) is 4.15. The Balaban J connectivity index is 1.87. The second-order valence-corrected chi connectivity index (χ2v) is 5.62. The average molecular weight is 314 g/mol. The Morgan fingerprint density at radius 1 is 0.952 bits per heavy atom. The van der Waals surface area contributed by atoms with Crippen molar-refractivity contribution in [3.05, 3.63) is 53.9 Å². The van der Waals surface area contributed by atoms with Crippen LogP contribution in [0.1, 0.15) is 0 Å². The van der Waals surface area contributed by atoms with E-state index in [4.69, 9.17) is 11.6 Å². The van der Waals surface area contributed by atoms with E-state index in [9.17, 15) is 0 Å². The van der Waals surface area contributed by atoms with Crippen LogP contribution in [0.2, 0.25) is 5.28 Å². The van der Waals surface area contributed by atoms with Crippen LogP contribution < -0.4 is 0 Å². The third kappa shape index (κ3) is 2.22. The molecule has 0 saturated heterocycles. The van der Waals surface area contributed by atoms with E-state index in [2.05, 4.69) is 20.2 Å². The molecule has 3 aromatic heterocycles. The first kappa shape index (κ1) is 12.6. The first-order chi connectivity index (χ1) is 10.3. The Bertz CT molecular complexity index is 952. The van der Waals surface area contributed by atoms with E-state index < -0.39 is 0 Å². The molecule has 1 aromatic carbocycles. The number of nitrogens with zero attached hydrogens (tertiary/aromatic N) is 5. The molecule has 0 unspecified atom stereocenters. The van der Waals surface area contributed by atoms with E-state index in [1.54, 1.807) is 0 Å². The van der Waals surface area contributed by atoms with Crippen molar-refractivity contribution in [3.63, 3.8) is 0 Å². The summed E-state index contributed by atoms with van der Waals surface area (Å²) in [5.74, 6) is 0. The number of halogens is 1. The minimum atomic E-state index is 0.227. The highest BCUT2D eigenvalue weighted by Gasteiger charge is 2.12. The second-order valence-electron chi connectivity index (χ2n) is 4.33. The quantitative estimate of drug-likeness (QED) is 0.419. The maximum atomic E-state index is 6.00. The smallest absolute Gasteiger partial charge is 0.224 e. The van der Waals surface area contributed by atoms with Gasteiger partial charge in [-0.05, 0) is 41.6 Å².